The first-order chi connectivity index (χ1) is 14.7. The Bertz CT molecular complexity index is 1120. The van der Waals surface area contributed by atoms with Crippen molar-refractivity contribution in [3.63, 3.8) is 0 Å². The van der Waals surface area contributed by atoms with Gasteiger partial charge in [0, 0.05) is 0 Å². The Morgan fingerprint density at radius 1 is 1.00 bits per heavy atom. The van der Waals surface area contributed by atoms with E-state index in [0.717, 1.165) is 11.6 Å². The fourth-order valence-electron chi connectivity index (χ4n) is 2.65. The van der Waals surface area contributed by atoms with Crippen molar-refractivity contribution in [3.05, 3.63) is 87.3 Å². The van der Waals surface area contributed by atoms with E-state index in [0.29, 0.717) is 23.7 Å². The Morgan fingerprint density at radius 2 is 1.74 bits per heavy atom. The molecule has 0 saturated heterocycles. The zero-order valence-electron chi connectivity index (χ0n) is 16.4. The predicted molar refractivity (Wildman–Crippen MR) is 107 cm³/mol. The summed E-state index contributed by atoms with van der Waals surface area (Å²) in [6.45, 7) is 2.36. The highest BCUT2D eigenvalue weighted by Gasteiger charge is 2.32. The highest BCUT2D eigenvalue weighted by Crippen LogP contribution is 2.30. The largest absolute Gasteiger partial charge is 0.490 e. The minimum Gasteiger partial charge on any atom is -0.490 e. The van der Waals surface area contributed by atoms with Crippen LogP contribution in [0.15, 0.2) is 53.3 Å². The summed E-state index contributed by atoms with van der Waals surface area (Å²) < 4.78 is 62.9. The molecule has 1 aromatic heterocycles. The molecule has 0 amide bonds. The van der Waals surface area contributed by atoms with Crippen molar-refractivity contribution in [2.75, 3.05) is 6.61 Å². The summed E-state index contributed by atoms with van der Waals surface area (Å²) in [5, 5.41) is 0. The van der Waals surface area contributed by atoms with E-state index in [2.05, 4.69) is 4.98 Å². The second-order valence-corrected chi connectivity index (χ2v) is 6.41. The average Bonchev–Trinajstić information content (AvgIpc) is 2.72. The third kappa shape index (κ3) is 6.18. The van der Waals surface area contributed by atoms with Crippen molar-refractivity contribution >= 4 is 12.2 Å². The molecule has 1 N–H and O–H groups in total. The van der Waals surface area contributed by atoms with E-state index in [9.17, 15) is 22.4 Å². The molecule has 0 radical (unpaired) electrons. The molecule has 2 aromatic carbocycles. The number of H-pyrrole nitrogens is 1. The SMILES string of the molecule is CCOc1cc(C=Cc2cc(C(F)(F)F)[nH]c(=O)n2)ccc1OCc1ccc(F)cc1. The highest BCUT2D eigenvalue weighted by molar-refractivity contribution is 5.69. The van der Waals surface area contributed by atoms with Gasteiger partial charge in [-0.1, -0.05) is 24.3 Å². The standard InChI is InChI=1S/C22H18F4N2O3/c1-2-30-19-11-14(5-9-17-12-20(22(24,25)26)28-21(29)27-17)6-10-18(19)31-13-15-3-7-16(23)8-4-15/h3-12H,2,13H2,1H3,(H,27,28,29). The number of nitrogens with one attached hydrogen (secondary N) is 1. The van der Waals surface area contributed by atoms with Crippen LogP contribution in [0, 0.1) is 5.82 Å². The second kappa shape index (κ2) is 9.46. The van der Waals surface area contributed by atoms with Gasteiger partial charge in [-0.05, 0) is 54.5 Å². The van der Waals surface area contributed by atoms with Crippen LogP contribution in [0.25, 0.3) is 12.2 Å². The number of aromatic amines is 1. The molecule has 0 atom stereocenters. The molecule has 3 rings (SSSR count). The number of halogens is 4. The first kappa shape index (κ1) is 22.1. The number of nitrogens with zero attached hydrogens (tertiary/aromatic N) is 1. The van der Waals surface area contributed by atoms with Gasteiger partial charge in [0.2, 0.25) is 0 Å². The molecule has 31 heavy (non-hydrogen) atoms. The van der Waals surface area contributed by atoms with Gasteiger partial charge in [0.15, 0.2) is 11.5 Å². The van der Waals surface area contributed by atoms with Crippen molar-refractivity contribution in [2.24, 2.45) is 0 Å². The molecule has 0 fully saturated rings. The van der Waals surface area contributed by atoms with E-state index in [1.807, 2.05) is 0 Å². The lowest BCUT2D eigenvalue weighted by Gasteiger charge is -2.13. The van der Waals surface area contributed by atoms with Crippen LogP contribution in [0.3, 0.4) is 0 Å². The topological polar surface area (TPSA) is 64.2 Å². The fourth-order valence-corrected chi connectivity index (χ4v) is 2.65. The third-order valence-electron chi connectivity index (χ3n) is 4.09. The number of alkyl halides is 3. The fraction of sp³-hybridized carbons (Fsp3) is 0.182. The van der Waals surface area contributed by atoms with Crippen molar-refractivity contribution in [3.8, 4) is 11.5 Å². The predicted octanol–water partition coefficient (Wildman–Crippen LogP) is 5.08. The van der Waals surface area contributed by atoms with E-state index in [-0.39, 0.29) is 18.1 Å². The maximum atomic E-state index is 13.0. The molecular formula is C22H18F4N2O3. The van der Waals surface area contributed by atoms with E-state index in [1.165, 1.54) is 24.3 Å². The number of aromatic nitrogens is 2. The van der Waals surface area contributed by atoms with E-state index in [1.54, 1.807) is 42.2 Å². The zero-order chi connectivity index (χ0) is 22.4. The molecule has 0 aliphatic rings. The lowest BCUT2D eigenvalue weighted by atomic mass is 10.1. The summed E-state index contributed by atoms with van der Waals surface area (Å²) in [5.74, 6) is 0.547. The van der Waals surface area contributed by atoms with E-state index in [4.69, 9.17) is 9.47 Å². The van der Waals surface area contributed by atoms with Crippen LogP contribution in [-0.2, 0) is 12.8 Å². The molecule has 0 saturated carbocycles. The molecule has 0 unspecified atom stereocenters. The highest BCUT2D eigenvalue weighted by atomic mass is 19.4. The molecule has 9 heteroatoms. The van der Waals surface area contributed by atoms with Gasteiger partial charge in [-0.25, -0.2) is 9.18 Å². The average molecular weight is 434 g/mol. The van der Waals surface area contributed by atoms with Gasteiger partial charge in [0.25, 0.3) is 0 Å². The minimum atomic E-state index is -4.68. The normalized spacial score (nSPS) is 11.6. The van der Waals surface area contributed by atoms with Gasteiger partial charge in [-0.2, -0.15) is 18.2 Å². The maximum absolute atomic E-state index is 13.0. The lowest BCUT2D eigenvalue weighted by molar-refractivity contribution is -0.141. The zero-order valence-corrected chi connectivity index (χ0v) is 16.4. The summed E-state index contributed by atoms with van der Waals surface area (Å²) in [4.78, 5) is 16.6. The minimum absolute atomic E-state index is 0.134. The molecule has 0 aliphatic carbocycles. The number of hydrogen-bond acceptors (Lipinski definition) is 4. The van der Waals surface area contributed by atoms with Crippen LogP contribution in [0.5, 0.6) is 11.5 Å². The third-order valence-corrected chi connectivity index (χ3v) is 4.09. The molecular weight excluding hydrogens is 416 g/mol. The van der Waals surface area contributed by atoms with E-state index >= 15 is 0 Å². The van der Waals surface area contributed by atoms with Crippen molar-refractivity contribution in [1.29, 1.82) is 0 Å². The summed E-state index contributed by atoms with van der Waals surface area (Å²) in [5.41, 5.74) is -1.02. The Morgan fingerprint density at radius 3 is 2.42 bits per heavy atom. The van der Waals surface area contributed by atoms with Crippen LogP contribution in [0.4, 0.5) is 17.6 Å². The molecule has 1 heterocycles. The van der Waals surface area contributed by atoms with Crippen molar-refractivity contribution in [1.82, 2.24) is 9.97 Å². The molecule has 0 spiro atoms. The molecule has 3 aromatic rings. The summed E-state index contributed by atoms with van der Waals surface area (Å²) in [6, 6.07) is 11.6. The van der Waals surface area contributed by atoms with Gasteiger partial charge in [-0.15, -0.1) is 0 Å². The van der Waals surface area contributed by atoms with Crippen molar-refractivity contribution < 1.29 is 27.0 Å². The smallest absolute Gasteiger partial charge is 0.431 e. The van der Waals surface area contributed by atoms with Gasteiger partial charge in [0.05, 0.1) is 12.3 Å². The van der Waals surface area contributed by atoms with Gasteiger partial charge in [-0.3, -0.25) is 0 Å². The van der Waals surface area contributed by atoms with Crippen LogP contribution in [0.1, 0.15) is 29.4 Å². The van der Waals surface area contributed by atoms with Crippen molar-refractivity contribution in [2.45, 2.75) is 19.7 Å². The maximum Gasteiger partial charge on any atom is 0.431 e. The quantitative estimate of drug-likeness (QED) is 0.527. The summed E-state index contributed by atoms with van der Waals surface area (Å²) in [7, 11) is 0. The van der Waals surface area contributed by atoms with E-state index < -0.39 is 17.6 Å². The monoisotopic (exact) mass is 434 g/mol. The Labute approximate surface area is 175 Å². The van der Waals surface area contributed by atoms with Crippen LogP contribution in [-0.4, -0.2) is 16.6 Å². The summed E-state index contributed by atoms with van der Waals surface area (Å²) >= 11 is 0. The Kier molecular flexibility index (Phi) is 6.74. The summed E-state index contributed by atoms with van der Waals surface area (Å²) in [6.07, 6.45) is -1.88. The molecule has 162 valence electrons. The number of hydrogen-bond donors (Lipinski definition) is 1. The first-order valence-electron chi connectivity index (χ1n) is 9.25. The number of ether oxygens (including phenoxy) is 2. The lowest BCUT2D eigenvalue weighted by Crippen LogP contribution is -2.19. The van der Waals surface area contributed by atoms with Crippen LogP contribution < -0.4 is 15.2 Å². The van der Waals surface area contributed by atoms with Gasteiger partial charge < -0.3 is 14.5 Å². The molecule has 0 aliphatic heterocycles. The Hall–Kier alpha value is -3.62. The second-order valence-electron chi connectivity index (χ2n) is 6.41. The van der Waals surface area contributed by atoms with Crippen LogP contribution in [0.2, 0.25) is 0 Å². The molecule has 5 nitrogen and oxygen atoms in total. The number of benzene rings is 2. The van der Waals surface area contributed by atoms with Crippen LogP contribution >= 0.6 is 0 Å². The molecule has 0 bridgehead atoms. The van der Waals surface area contributed by atoms with Gasteiger partial charge >= 0.3 is 11.9 Å². The number of rotatable bonds is 7. The first-order valence-corrected chi connectivity index (χ1v) is 9.25. The Balaban J connectivity index is 1.79. The van der Waals surface area contributed by atoms with Gasteiger partial charge in [0.1, 0.15) is 18.1 Å².